The van der Waals surface area contributed by atoms with Gasteiger partial charge in [0.1, 0.15) is 10.8 Å². The zero-order valence-corrected chi connectivity index (χ0v) is 10.4. The molecule has 2 rings (SSSR count). The van der Waals surface area contributed by atoms with Crippen molar-refractivity contribution in [1.29, 1.82) is 0 Å². The molecule has 0 aliphatic rings. The molecule has 82 valence electrons. The lowest BCUT2D eigenvalue weighted by atomic mass is 10.3. The molecule has 4 nitrogen and oxygen atoms in total. The van der Waals surface area contributed by atoms with E-state index in [1.165, 1.54) is 16.8 Å². The number of anilines is 1. The lowest BCUT2D eigenvalue weighted by molar-refractivity contribution is 0.0730. The maximum atomic E-state index is 11.6. The summed E-state index contributed by atoms with van der Waals surface area (Å²) in [6.07, 6.45) is 0. The van der Waals surface area contributed by atoms with E-state index in [-0.39, 0.29) is 5.69 Å². The molecule has 1 aromatic carbocycles. The summed E-state index contributed by atoms with van der Waals surface area (Å²) in [6, 6.07) is 7.00. The average Bonchev–Trinajstić information content (AvgIpc) is 2.64. The van der Waals surface area contributed by atoms with Crippen LogP contribution in [0.5, 0.6) is 5.75 Å². The smallest absolute Gasteiger partial charge is 0.365 e. The molecular formula is C10H7BrN2O2S. The second kappa shape index (κ2) is 4.63. The topological polar surface area (TPSA) is 65.2 Å². The van der Waals surface area contributed by atoms with Crippen LogP contribution >= 0.6 is 27.3 Å². The number of carbonyl (C=O) groups excluding carboxylic acids is 1. The number of aromatic nitrogens is 1. The summed E-state index contributed by atoms with van der Waals surface area (Å²) in [4.78, 5) is 15.5. The van der Waals surface area contributed by atoms with E-state index in [0.717, 1.165) is 4.47 Å². The molecule has 6 heteroatoms. The largest absolute Gasteiger partial charge is 0.422 e. The van der Waals surface area contributed by atoms with Crippen LogP contribution in [-0.4, -0.2) is 11.0 Å². The number of thiazole rings is 1. The molecule has 0 bridgehead atoms. The van der Waals surface area contributed by atoms with Crippen molar-refractivity contribution >= 4 is 38.2 Å². The zero-order chi connectivity index (χ0) is 11.5. The number of nitrogen functional groups attached to an aromatic ring is 1. The van der Waals surface area contributed by atoms with Gasteiger partial charge >= 0.3 is 5.97 Å². The number of esters is 1. The fourth-order valence-corrected chi connectivity index (χ4v) is 1.99. The molecule has 0 fully saturated rings. The van der Waals surface area contributed by atoms with E-state index in [1.807, 2.05) is 6.07 Å². The standard InChI is InChI=1S/C10H7BrN2O2S/c11-6-2-1-3-7(4-6)15-10(14)8-9(12)16-5-13-8/h1-5H,12H2. The molecule has 0 saturated heterocycles. The normalized spacial score (nSPS) is 10.1. The van der Waals surface area contributed by atoms with Gasteiger partial charge < -0.3 is 10.5 Å². The number of hydrogen-bond acceptors (Lipinski definition) is 5. The summed E-state index contributed by atoms with van der Waals surface area (Å²) in [5, 5.41) is 0.361. The Labute approximate surface area is 104 Å². The fraction of sp³-hybridized carbons (Fsp3) is 0. The van der Waals surface area contributed by atoms with Gasteiger partial charge in [0, 0.05) is 4.47 Å². The highest BCUT2D eigenvalue weighted by Crippen LogP contribution is 2.21. The van der Waals surface area contributed by atoms with Crippen molar-refractivity contribution in [3.63, 3.8) is 0 Å². The minimum Gasteiger partial charge on any atom is -0.422 e. The summed E-state index contributed by atoms with van der Waals surface area (Å²) >= 11 is 4.49. The van der Waals surface area contributed by atoms with Crippen LogP contribution < -0.4 is 10.5 Å². The van der Waals surface area contributed by atoms with E-state index >= 15 is 0 Å². The molecule has 0 aliphatic heterocycles. The maximum Gasteiger partial charge on any atom is 0.365 e. The number of hydrogen-bond donors (Lipinski definition) is 1. The first-order chi connectivity index (χ1) is 7.66. The third-order valence-corrected chi connectivity index (χ3v) is 2.95. The van der Waals surface area contributed by atoms with Crippen molar-refractivity contribution < 1.29 is 9.53 Å². The summed E-state index contributed by atoms with van der Waals surface area (Å²) in [7, 11) is 0. The third-order valence-electron chi connectivity index (χ3n) is 1.79. The first kappa shape index (κ1) is 11.1. The van der Waals surface area contributed by atoms with Crippen LogP contribution in [0.3, 0.4) is 0 Å². The molecule has 0 spiro atoms. The lowest BCUT2D eigenvalue weighted by Gasteiger charge is -2.02. The van der Waals surface area contributed by atoms with Crippen molar-refractivity contribution in [1.82, 2.24) is 4.98 Å². The lowest BCUT2D eigenvalue weighted by Crippen LogP contribution is -2.10. The average molecular weight is 299 g/mol. The molecule has 1 aromatic heterocycles. The molecule has 0 aliphatic carbocycles. The van der Waals surface area contributed by atoms with Gasteiger partial charge in [-0.1, -0.05) is 22.0 Å². The van der Waals surface area contributed by atoms with Crippen molar-refractivity contribution in [3.05, 3.63) is 39.9 Å². The van der Waals surface area contributed by atoms with Crippen molar-refractivity contribution in [2.75, 3.05) is 5.73 Å². The van der Waals surface area contributed by atoms with Gasteiger partial charge in [-0.25, -0.2) is 9.78 Å². The van der Waals surface area contributed by atoms with Crippen LogP contribution in [-0.2, 0) is 0 Å². The molecule has 16 heavy (non-hydrogen) atoms. The zero-order valence-electron chi connectivity index (χ0n) is 8.01. The minimum atomic E-state index is -0.545. The quantitative estimate of drug-likeness (QED) is 0.684. The Bertz CT molecular complexity index is 527. The summed E-state index contributed by atoms with van der Waals surface area (Å²) < 4.78 is 5.95. The summed E-state index contributed by atoms with van der Waals surface area (Å²) in [5.41, 5.74) is 7.24. The van der Waals surface area contributed by atoms with Gasteiger partial charge in [0.05, 0.1) is 5.51 Å². The summed E-state index contributed by atoms with van der Waals surface area (Å²) in [5.74, 6) is -0.0939. The van der Waals surface area contributed by atoms with Gasteiger partial charge in [-0.2, -0.15) is 0 Å². The number of halogens is 1. The van der Waals surface area contributed by atoms with E-state index in [9.17, 15) is 4.79 Å². The van der Waals surface area contributed by atoms with Crippen LogP contribution in [0.4, 0.5) is 5.00 Å². The number of benzene rings is 1. The monoisotopic (exact) mass is 298 g/mol. The molecule has 2 aromatic rings. The Morgan fingerprint density at radius 2 is 2.31 bits per heavy atom. The third kappa shape index (κ3) is 2.40. The Hall–Kier alpha value is -1.40. The highest BCUT2D eigenvalue weighted by molar-refractivity contribution is 9.10. The molecular weight excluding hydrogens is 292 g/mol. The highest BCUT2D eigenvalue weighted by atomic mass is 79.9. The maximum absolute atomic E-state index is 11.6. The van der Waals surface area contributed by atoms with Crippen LogP contribution in [0.15, 0.2) is 34.2 Å². The second-order valence-corrected chi connectivity index (χ2v) is 4.71. The molecule has 0 radical (unpaired) electrons. The van der Waals surface area contributed by atoms with Crippen LogP contribution in [0, 0.1) is 0 Å². The molecule has 0 unspecified atom stereocenters. The SMILES string of the molecule is Nc1scnc1C(=O)Oc1cccc(Br)c1. The Balaban J connectivity index is 2.17. The van der Waals surface area contributed by atoms with Crippen molar-refractivity contribution in [2.24, 2.45) is 0 Å². The number of rotatable bonds is 2. The van der Waals surface area contributed by atoms with Gasteiger partial charge in [0.15, 0.2) is 5.69 Å². The van der Waals surface area contributed by atoms with Crippen molar-refractivity contribution in [2.45, 2.75) is 0 Å². The Morgan fingerprint density at radius 3 is 2.94 bits per heavy atom. The van der Waals surface area contributed by atoms with Crippen LogP contribution in [0.1, 0.15) is 10.5 Å². The molecule has 1 heterocycles. The van der Waals surface area contributed by atoms with E-state index in [4.69, 9.17) is 10.5 Å². The fourth-order valence-electron chi connectivity index (χ4n) is 1.09. The Morgan fingerprint density at radius 1 is 1.50 bits per heavy atom. The van der Waals surface area contributed by atoms with Gasteiger partial charge in [-0.15, -0.1) is 11.3 Å². The second-order valence-electron chi connectivity index (χ2n) is 2.91. The predicted molar refractivity (Wildman–Crippen MR) is 65.6 cm³/mol. The van der Waals surface area contributed by atoms with Gasteiger partial charge in [0.2, 0.25) is 0 Å². The molecule has 0 amide bonds. The minimum absolute atomic E-state index is 0.157. The number of nitrogens with zero attached hydrogens (tertiary/aromatic N) is 1. The van der Waals surface area contributed by atoms with E-state index in [2.05, 4.69) is 20.9 Å². The first-order valence-corrected chi connectivity index (χ1v) is 6.01. The first-order valence-electron chi connectivity index (χ1n) is 4.33. The predicted octanol–water partition coefficient (Wildman–Crippen LogP) is 2.71. The van der Waals surface area contributed by atoms with Gasteiger partial charge in [-0.3, -0.25) is 0 Å². The van der Waals surface area contributed by atoms with Crippen molar-refractivity contribution in [3.8, 4) is 5.75 Å². The highest BCUT2D eigenvalue weighted by Gasteiger charge is 2.15. The van der Waals surface area contributed by atoms with Gasteiger partial charge in [0.25, 0.3) is 0 Å². The van der Waals surface area contributed by atoms with Crippen LogP contribution in [0.2, 0.25) is 0 Å². The van der Waals surface area contributed by atoms with Gasteiger partial charge in [-0.05, 0) is 18.2 Å². The number of ether oxygens (including phenoxy) is 1. The Kier molecular flexibility index (Phi) is 3.21. The number of nitrogens with two attached hydrogens (primary N) is 1. The number of carbonyl (C=O) groups is 1. The molecule has 2 N–H and O–H groups in total. The van der Waals surface area contributed by atoms with E-state index in [0.29, 0.717) is 10.8 Å². The summed E-state index contributed by atoms with van der Waals surface area (Å²) in [6.45, 7) is 0. The van der Waals surface area contributed by atoms with E-state index in [1.54, 1.807) is 18.2 Å². The molecule has 0 saturated carbocycles. The molecule has 0 atom stereocenters. The van der Waals surface area contributed by atoms with Crippen LogP contribution in [0.25, 0.3) is 0 Å². The van der Waals surface area contributed by atoms with E-state index < -0.39 is 5.97 Å².